The van der Waals surface area contributed by atoms with Gasteiger partial charge in [-0.15, -0.1) is 5.10 Å². The van der Waals surface area contributed by atoms with Gasteiger partial charge < -0.3 is 0 Å². The van der Waals surface area contributed by atoms with E-state index >= 15 is 0 Å². The fourth-order valence-corrected chi connectivity index (χ4v) is 0.812. The molecular formula is C5H8N6. The molecule has 11 heavy (non-hydrogen) atoms. The van der Waals surface area contributed by atoms with E-state index in [1.54, 1.807) is 24.9 Å². The molecule has 1 atom stereocenters. The largest absolute Gasteiger partial charge is 0.252 e. The standard InChI is InChI=1S/C5H8N6/c1-4(8-9-6)5-3-7-10-11(5)2/h3-4H,1-2H3/t4-/m0/s1. The van der Waals surface area contributed by atoms with Gasteiger partial charge in [-0.3, -0.25) is 4.68 Å². The SMILES string of the molecule is C[C@H](N=[N+]=[N-])c1cnnn1C. The second-order valence-corrected chi connectivity index (χ2v) is 2.16. The smallest absolute Gasteiger partial charge is 0.0782 e. The second-order valence-electron chi connectivity index (χ2n) is 2.16. The lowest BCUT2D eigenvalue weighted by atomic mass is 10.3. The molecule has 0 aliphatic rings. The zero-order chi connectivity index (χ0) is 8.27. The molecule has 1 aromatic heterocycles. The van der Waals surface area contributed by atoms with Crippen LogP contribution < -0.4 is 0 Å². The van der Waals surface area contributed by atoms with Gasteiger partial charge in [0.1, 0.15) is 0 Å². The van der Waals surface area contributed by atoms with Crippen molar-refractivity contribution in [3.05, 3.63) is 22.3 Å². The molecule has 0 fully saturated rings. The van der Waals surface area contributed by atoms with Gasteiger partial charge in [-0.2, -0.15) is 0 Å². The first-order chi connectivity index (χ1) is 5.25. The highest BCUT2D eigenvalue weighted by Gasteiger charge is 2.06. The minimum atomic E-state index is -0.208. The van der Waals surface area contributed by atoms with Gasteiger partial charge in [-0.1, -0.05) is 17.3 Å². The zero-order valence-corrected chi connectivity index (χ0v) is 6.34. The number of rotatable bonds is 2. The maximum absolute atomic E-state index is 8.13. The van der Waals surface area contributed by atoms with Crippen LogP contribution in [0, 0.1) is 0 Å². The van der Waals surface area contributed by atoms with Crippen molar-refractivity contribution in [1.29, 1.82) is 0 Å². The van der Waals surface area contributed by atoms with Gasteiger partial charge in [0.05, 0.1) is 17.9 Å². The molecule has 6 heteroatoms. The van der Waals surface area contributed by atoms with Crippen molar-refractivity contribution in [2.45, 2.75) is 13.0 Å². The van der Waals surface area contributed by atoms with Crippen molar-refractivity contribution in [1.82, 2.24) is 15.0 Å². The lowest BCUT2D eigenvalue weighted by molar-refractivity contribution is 0.635. The third-order valence-corrected chi connectivity index (χ3v) is 1.40. The Bertz CT molecular complexity index is 283. The van der Waals surface area contributed by atoms with E-state index in [1.165, 1.54) is 0 Å². The number of aryl methyl sites for hydroxylation is 1. The molecule has 0 aliphatic heterocycles. The molecule has 0 amide bonds. The van der Waals surface area contributed by atoms with Crippen LogP contribution >= 0.6 is 0 Å². The molecule has 1 aromatic rings. The molecule has 0 radical (unpaired) electrons. The molecule has 1 heterocycles. The average molecular weight is 152 g/mol. The van der Waals surface area contributed by atoms with Crippen LogP contribution in [0.1, 0.15) is 18.7 Å². The molecule has 1 rings (SSSR count). The van der Waals surface area contributed by atoms with Crippen molar-refractivity contribution < 1.29 is 0 Å². The highest BCUT2D eigenvalue weighted by Crippen LogP contribution is 2.13. The summed E-state index contributed by atoms with van der Waals surface area (Å²) in [6.45, 7) is 1.79. The van der Waals surface area contributed by atoms with E-state index in [0.29, 0.717) is 0 Å². The molecule has 0 N–H and O–H groups in total. The maximum Gasteiger partial charge on any atom is 0.0782 e. The molecule has 6 nitrogen and oxygen atoms in total. The topological polar surface area (TPSA) is 79.5 Å². The Labute approximate surface area is 63.5 Å². The first-order valence-corrected chi connectivity index (χ1v) is 3.14. The minimum absolute atomic E-state index is 0.208. The number of hydrogen-bond donors (Lipinski definition) is 0. The molecule has 0 bridgehead atoms. The van der Waals surface area contributed by atoms with Crippen molar-refractivity contribution in [2.24, 2.45) is 12.2 Å². The van der Waals surface area contributed by atoms with E-state index in [2.05, 4.69) is 20.3 Å². The van der Waals surface area contributed by atoms with Gasteiger partial charge in [-0.25, -0.2) is 0 Å². The number of azide groups is 1. The van der Waals surface area contributed by atoms with Crippen LogP contribution in [0.2, 0.25) is 0 Å². The molecular weight excluding hydrogens is 144 g/mol. The maximum atomic E-state index is 8.13. The fourth-order valence-electron chi connectivity index (χ4n) is 0.812. The van der Waals surface area contributed by atoms with Gasteiger partial charge in [-0.05, 0) is 5.53 Å². The van der Waals surface area contributed by atoms with Gasteiger partial charge in [0, 0.05) is 12.0 Å². The lowest BCUT2D eigenvalue weighted by Gasteiger charge is -2.01. The van der Waals surface area contributed by atoms with Gasteiger partial charge in [0.2, 0.25) is 0 Å². The summed E-state index contributed by atoms with van der Waals surface area (Å²) in [5, 5.41) is 10.9. The number of aromatic nitrogens is 3. The van der Waals surface area contributed by atoms with E-state index < -0.39 is 0 Å². The van der Waals surface area contributed by atoms with Gasteiger partial charge in [0.25, 0.3) is 0 Å². The van der Waals surface area contributed by atoms with E-state index in [1.807, 2.05) is 0 Å². The number of nitrogens with zero attached hydrogens (tertiary/aromatic N) is 6. The monoisotopic (exact) mass is 152 g/mol. The van der Waals surface area contributed by atoms with E-state index in [4.69, 9.17) is 5.53 Å². The predicted molar refractivity (Wildman–Crippen MR) is 38.6 cm³/mol. The second kappa shape index (κ2) is 3.03. The first kappa shape index (κ1) is 7.56. The van der Waals surface area contributed by atoms with Crippen molar-refractivity contribution >= 4 is 0 Å². The third-order valence-electron chi connectivity index (χ3n) is 1.40. The van der Waals surface area contributed by atoms with E-state index in [0.717, 1.165) is 5.69 Å². The van der Waals surface area contributed by atoms with Gasteiger partial charge in [0.15, 0.2) is 0 Å². The zero-order valence-electron chi connectivity index (χ0n) is 6.34. The normalized spacial score (nSPS) is 12.2. The Morgan fingerprint density at radius 2 is 2.55 bits per heavy atom. The van der Waals surface area contributed by atoms with E-state index in [9.17, 15) is 0 Å². The lowest BCUT2D eigenvalue weighted by Crippen LogP contribution is -1.99. The summed E-state index contributed by atoms with van der Waals surface area (Å²) in [7, 11) is 1.76. The highest BCUT2D eigenvalue weighted by molar-refractivity contribution is 4.99. The van der Waals surface area contributed by atoms with Gasteiger partial charge >= 0.3 is 0 Å². The van der Waals surface area contributed by atoms with Crippen LogP contribution in [0.25, 0.3) is 10.4 Å². The molecule has 0 aliphatic carbocycles. The highest BCUT2D eigenvalue weighted by atomic mass is 15.4. The Morgan fingerprint density at radius 1 is 1.82 bits per heavy atom. The van der Waals surface area contributed by atoms with Crippen LogP contribution in [-0.4, -0.2) is 15.0 Å². The molecule has 0 spiro atoms. The minimum Gasteiger partial charge on any atom is -0.252 e. The third kappa shape index (κ3) is 1.47. The van der Waals surface area contributed by atoms with Crippen LogP contribution in [0.5, 0.6) is 0 Å². The first-order valence-electron chi connectivity index (χ1n) is 3.14. The number of hydrogen-bond acceptors (Lipinski definition) is 3. The summed E-state index contributed by atoms with van der Waals surface area (Å²) in [4.78, 5) is 2.69. The van der Waals surface area contributed by atoms with Crippen LogP contribution in [0.3, 0.4) is 0 Å². The summed E-state index contributed by atoms with van der Waals surface area (Å²) >= 11 is 0. The van der Waals surface area contributed by atoms with Crippen molar-refractivity contribution in [3.63, 3.8) is 0 Å². The summed E-state index contributed by atoms with van der Waals surface area (Å²) < 4.78 is 1.58. The van der Waals surface area contributed by atoms with E-state index in [-0.39, 0.29) is 6.04 Å². The summed E-state index contributed by atoms with van der Waals surface area (Å²) in [5.41, 5.74) is 8.94. The summed E-state index contributed by atoms with van der Waals surface area (Å²) in [6.07, 6.45) is 1.58. The molecule has 0 aromatic carbocycles. The van der Waals surface area contributed by atoms with Crippen LogP contribution in [0.15, 0.2) is 11.3 Å². The summed E-state index contributed by atoms with van der Waals surface area (Å²) in [5.74, 6) is 0. The fraction of sp³-hybridized carbons (Fsp3) is 0.600. The van der Waals surface area contributed by atoms with Crippen LogP contribution in [-0.2, 0) is 7.05 Å². The molecule has 0 saturated heterocycles. The molecule has 0 unspecified atom stereocenters. The quantitative estimate of drug-likeness (QED) is 0.362. The Balaban J connectivity index is 2.92. The summed E-state index contributed by atoms with van der Waals surface area (Å²) in [6, 6.07) is -0.208. The predicted octanol–water partition coefficient (Wildman–Crippen LogP) is 1.19. The van der Waals surface area contributed by atoms with Crippen molar-refractivity contribution in [3.8, 4) is 0 Å². The van der Waals surface area contributed by atoms with Crippen molar-refractivity contribution in [2.75, 3.05) is 0 Å². The Hall–Kier alpha value is -1.55. The Kier molecular flexibility index (Phi) is 2.08. The van der Waals surface area contributed by atoms with Crippen LogP contribution in [0.4, 0.5) is 0 Å². The molecule has 0 saturated carbocycles. The Morgan fingerprint density at radius 3 is 3.00 bits per heavy atom. The average Bonchev–Trinajstić information content (AvgIpc) is 2.36. The molecule has 58 valence electrons.